The van der Waals surface area contributed by atoms with E-state index in [1.165, 1.54) is 19.1 Å². The number of rotatable bonds is 7. The van der Waals surface area contributed by atoms with Gasteiger partial charge in [0.15, 0.2) is 0 Å². The van der Waals surface area contributed by atoms with Gasteiger partial charge in [-0.05, 0) is 45.1 Å². The number of amides is 2. The van der Waals surface area contributed by atoms with Crippen LogP contribution in [-0.4, -0.2) is 66.0 Å². The van der Waals surface area contributed by atoms with Gasteiger partial charge in [0.2, 0.25) is 0 Å². The first-order chi connectivity index (χ1) is 10.6. The smallest absolute Gasteiger partial charge is 0.411 e. The molecule has 0 heterocycles. The molecule has 1 aliphatic carbocycles. The maximum absolute atomic E-state index is 12.5. The van der Waals surface area contributed by atoms with E-state index < -0.39 is 23.6 Å². The number of nitrogens with zero attached hydrogens (tertiary/aromatic N) is 2. The van der Waals surface area contributed by atoms with Crippen LogP contribution >= 0.6 is 0 Å². The van der Waals surface area contributed by atoms with Crippen LogP contribution in [0.4, 0.5) is 4.79 Å². The molecule has 2 amide bonds. The molecule has 23 heavy (non-hydrogen) atoms. The third-order valence-corrected chi connectivity index (χ3v) is 3.64. The zero-order valence-electron chi connectivity index (χ0n) is 14.7. The Hall–Kier alpha value is -1.60. The summed E-state index contributed by atoms with van der Waals surface area (Å²) in [5.41, 5.74) is 0.0538. The fourth-order valence-electron chi connectivity index (χ4n) is 2.11. The molecule has 0 aromatic carbocycles. The van der Waals surface area contributed by atoms with Gasteiger partial charge in [-0.1, -0.05) is 6.58 Å². The standard InChI is InChI=1S/C16H28N2O5/c1-11(12-7-8-12)13(10-19)18(9-14(20)17(5)22-6)15(21)23-16(2,3)4/h12-13,19H,1,7-10H2,2-6H3/t13-/m1/s1. The Balaban J connectivity index is 2.95. The molecule has 1 atom stereocenters. The summed E-state index contributed by atoms with van der Waals surface area (Å²) < 4.78 is 5.37. The molecule has 0 bridgehead atoms. The van der Waals surface area contributed by atoms with Gasteiger partial charge in [0.25, 0.3) is 5.91 Å². The Labute approximate surface area is 137 Å². The van der Waals surface area contributed by atoms with Crippen molar-refractivity contribution in [2.45, 2.75) is 45.3 Å². The molecule has 0 unspecified atom stereocenters. The lowest BCUT2D eigenvalue weighted by Gasteiger charge is -2.34. The molecule has 0 aliphatic heterocycles. The quantitative estimate of drug-likeness (QED) is 0.567. The summed E-state index contributed by atoms with van der Waals surface area (Å²) in [4.78, 5) is 30.7. The Morgan fingerprint density at radius 1 is 1.35 bits per heavy atom. The molecule has 0 aromatic rings. The van der Waals surface area contributed by atoms with Crippen LogP contribution in [0.25, 0.3) is 0 Å². The minimum Gasteiger partial charge on any atom is -0.444 e. The highest BCUT2D eigenvalue weighted by Gasteiger charge is 2.37. The number of ether oxygens (including phenoxy) is 1. The second kappa shape index (κ2) is 7.79. The first kappa shape index (κ1) is 19.4. The molecule has 0 aromatic heterocycles. The lowest BCUT2D eigenvalue weighted by Crippen LogP contribution is -2.50. The molecule has 1 rings (SSSR count). The van der Waals surface area contributed by atoms with Crippen molar-refractivity contribution in [3.05, 3.63) is 12.2 Å². The van der Waals surface area contributed by atoms with Crippen molar-refractivity contribution < 1.29 is 24.3 Å². The van der Waals surface area contributed by atoms with Crippen LogP contribution in [-0.2, 0) is 14.4 Å². The van der Waals surface area contributed by atoms with E-state index in [9.17, 15) is 14.7 Å². The highest BCUT2D eigenvalue weighted by Crippen LogP contribution is 2.38. The van der Waals surface area contributed by atoms with Crippen LogP contribution in [0.5, 0.6) is 0 Å². The number of carbonyl (C=O) groups is 2. The summed E-state index contributed by atoms with van der Waals surface area (Å²) in [5.74, 6) is -0.132. The SMILES string of the molecule is C=C(C1CC1)[C@@H](CO)N(CC(=O)N(C)OC)C(=O)OC(C)(C)C. The van der Waals surface area contributed by atoms with E-state index in [1.54, 1.807) is 20.8 Å². The highest BCUT2D eigenvalue weighted by atomic mass is 16.7. The minimum absolute atomic E-state index is 0.254. The summed E-state index contributed by atoms with van der Waals surface area (Å²) in [5, 5.41) is 10.8. The number of aliphatic hydroxyl groups excluding tert-OH is 1. The molecule has 132 valence electrons. The zero-order chi connectivity index (χ0) is 17.8. The lowest BCUT2D eigenvalue weighted by molar-refractivity contribution is -0.170. The van der Waals surface area contributed by atoms with E-state index >= 15 is 0 Å². The molecule has 0 spiro atoms. The lowest BCUT2D eigenvalue weighted by atomic mass is 10.0. The summed E-state index contributed by atoms with van der Waals surface area (Å²) >= 11 is 0. The average Bonchev–Trinajstić information content (AvgIpc) is 3.28. The number of hydrogen-bond acceptors (Lipinski definition) is 5. The van der Waals surface area contributed by atoms with Gasteiger partial charge in [-0.15, -0.1) is 0 Å². The number of carbonyl (C=O) groups excluding carboxylic acids is 2. The van der Waals surface area contributed by atoms with Gasteiger partial charge in [-0.25, -0.2) is 9.86 Å². The Morgan fingerprint density at radius 2 is 1.91 bits per heavy atom. The number of aliphatic hydroxyl groups is 1. The molecule has 1 fully saturated rings. The number of hydrogen-bond donors (Lipinski definition) is 1. The average molecular weight is 328 g/mol. The van der Waals surface area contributed by atoms with Crippen LogP contribution in [0.2, 0.25) is 0 Å². The second-order valence-electron chi connectivity index (χ2n) is 6.73. The van der Waals surface area contributed by atoms with Crippen molar-refractivity contribution >= 4 is 12.0 Å². The number of hydroxylamine groups is 2. The first-order valence-electron chi connectivity index (χ1n) is 7.70. The Morgan fingerprint density at radius 3 is 2.30 bits per heavy atom. The van der Waals surface area contributed by atoms with Crippen LogP contribution in [0, 0.1) is 5.92 Å². The van der Waals surface area contributed by atoms with E-state index in [1.807, 2.05) is 0 Å². The highest BCUT2D eigenvalue weighted by molar-refractivity contribution is 5.82. The van der Waals surface area contributed by atoms with Crippen LogP contribution < -0.4 is 0 Å². The predicted molar refractivity (Wildman–Crippen MR) is 85.5 cm³/mol. The topological polar surface area (TPSA) is 79.3 Å². The van der Waals surface area contributed by atoms with Gasteiger partial charge in [0.05, 0.1) is 19.8 Å². The number of likely N-dealkylation sites (N-methyl/N-ethyl adjacent to an activating group) is 1. The van der Waals surface area contributed by atoms with E-state index in [0.717, 1.165) is 23.5 Å². The van der Waals surface area contributed by atoms with E-state index in [0.29, 0.717) is 0 Å². The van der Waals surface area contributed by atoms with Gasteiger partial charge in [0, 0.05) is 7.05 Å². The zero-order valence-corrected chi connectivity index (χ0v) is 14.7. The normalized spacial score (nSPS) is 15.7. The van der Waals surface area contributed by atoms with Crippen LogP contribution in [0.15, 0.2) is 12.2 Å². The fraction of sp³-hybridized carbons (Fsp3) is 0.750. The monoisotopic (exact) mass is 328 g/mol. The van der Waals surface area contributed by atoms with E-state index in [4.69, 9.17) is 9.57 Å². The summed E-state index contributed by atoms with van der Waals surface area (Å²) in [7, 11) is 2.82. The van der Waals surface area contributed by atoms with Crippen molar-refractivity contribution in [3.63, 3.8) is 0 Å². The molecule has 0 saturated heterocycles. The summed E-state index contributed by atoms with van der Waals surface area (Å²) in [6.45, 7) is 8.67. The van der Waals surface area contributed by atoms with E-state index in [2.05, 4.69) is 6.58 Å². The molecule has 1 saturated carbocycles. The van der Waals surface area contributed by atoms with Crippen molar-refractivity contribution in [1.29, 1.82) is 0 Å². The maximum Gasteiger partial charge on any atom is 0.411 e. The maximum atomic E-state index is 12.5. The molecule has 0 radical (unpaired) electrons. The Kier molecular flexibility index (Phi) is 6.58. The molecular weight excluding hydrogens is 300 g/mol. The first-order valence-corrected chi connectivity index (χ1v) is 7.70. The minimum atomic E-state index is -0.702. The van der Waals surface area contributed by atoms with Crippen molar-refractivity contribution in [2.24, 2.45) is 5.92 Å². The Bertz CT molecular complexity index is 454. The van der Waals surface area contributed by atoms with Crippen molar-refractivity contribution in [2.75, 3.05) is 27.3 Å². The molecule has 7 heteroatoms. The van der Waals surface area contributed by atoms with Gasteiger partial charge in [-0.2, -0.15) is 0 Å². The second-order valence-corrected chi connectivity index (χ2v) is 6.73. The molecule has 1 N–H and O–H groups in total. The van der Waals surface area contributed by atoms with Gasteiger partial charge >= 0.3 is 6.09 Å². The largest absolute Gasteiger partial charge is 0.444 e. The summed E-state index contributed by atoms with van der Waals surface area (Å²) in [6.07, 6.45) is 1.32. The molecular formula is C16H28N2O5. The third kappa shape index (κ3) is 5.84. The third-order valence-electron chi connectivity index (χ3n) is 3.64. The van der Waals surface area contributed by atoms with Crippen LogP contribution in [0.1, 0.15) is 33.6 Å². The predicted octanol–water partition coefficient (Wildman–Crippen LogP) is 1.57. The summed E-state index contributed by atoms with van der Waals surface area (Å²) in [6, 6.07) is -0.647. The van der Waals surface area contributed by atoms with E-state index in [-0.39, 0.29) is 19.1 Å². The molecule has 1 aliphatic rings. The van der Waals surface area contributed by atoms with Gasteiger partial charge < -0.3 is 9.84 Å². The van der Waals surface area contributed by atoms with Gasteiger partial charge in [0.1, 0.15) is 12.1 Å². The van der Waals surface area contributed by atoms with Gasteiger partial charge in [-0.3, -0.25) is 14.5 Å². The van der Waals surface area contributed by atoms with Crippen LogP contribution in [0.3, 0.4) is 0 Å². The molecule has 7 nitrogen and oxygen atoms in total. The fourth-order valence-corrected chi connectivity index (χ4v) is 2.11. The van der Waals surface area contributed by atoms with Crippen molar-refractivity contribution in [3.8, 4) is 0 Å². The van der Waals surface area contributed by atoms with Crippen molar-refractivity contribution in [1.82, 2.24) is 9.96 Å².